The number of benzene rings is 1. The molecule has 0 bridgehead atoms. The summed E-state index contributed by atoms with van der Waals surface area (Å²) in [7, 11) is 0. The number of carbonyl (C=O) groups is 2. The second kappa shape index (κ2) is 6.49. The zero-order chi connectivity index (χ0) is 17.3. The van der Waals surface area contributed by atoms with Crippen molar-refractivity contribution in [2.45, 2.75) is 31.5 Å². The number of carbonyl (C=O) groups excluding carboxylic acids is 1. The predicted octanol–water partition coefficient (Wildman–Crippen LogP) is 1.56. The van der Waals surface area contributed by atoms with E-state index in [1.807, 2.05) is 0 Å². The molecule has 0 unspecified atom stereocenters. The Kier molecular flexibility index (Phi) is 4.56. The van der Waals surface area contributed by atoms with Gasteiger partial charge in [0.25, 0.3) is 5.91 Å². The predicted molar refractivity (Wildman–Crippen MR) is 84.0 cm³/mol. The molecule has 1 atom stereocenters. The lowest BCUT2D eigenvalue weighted by Crippen LogP contribution is -2.58. The van der Waals surface area contributed by atoms with Crippen molar-refractivity contribution < 1.29 is 23.8 Å². The molecule has 1 amide bonds. The first-order valence-electron chi connectivity index (χ1n) is 8.16. The zero-order valence-corrected chi connectivity index (χ0v) is 13.6. The molecular formula is C17H21FN2O4. The first-order valence-corrected chi connectivity index (χ1v) is 8.16. The van der Waals surface area contributed by atoms with Crippen molar-refractivity contribution in [3.63, 3.8) is 0 Å². The molecule has 7 heteroatoms. The van der Waals surface area contributed by atoms with Crippen LogP contribution in [0.5, 0.6) is 0 Å². The Hall–Kier alpha value is -1.99. The third kappa shape index (κ3) is 2.78. The number of ether oxygens (including phenoxy) is 1. The van der Waals surface area contributed by atoms with E-state index < -0.39 is 29.5 Å². The van der Waals surface area contributed by atoms with Crippen LogP contribution in [0.3, 0.4) is 0 Å². The second-order valence-corrected chi connectivity index (χ2v) is 6.20. The van der Waals surface area contributed by atoms with Gasteiger partial charge >= 0.3 is 5.97 Å². The van der Waals surface area contributed by atoms with Gasteiger partial charge in [0.05, 0.1) is 12.2 Å². The van der Waals surface area contributed by atoms with E-state index in [0.717, 1.165) is 6.54 Å². The van der Waals surface area contributed by atoms with Crippen molar-refractivity contribution in [1.29, 1.82) is 0 Å². The minimum absolute atomic E-state index is 0.0678. The van der Waals surface area contributed by atoms with Gasteiger partial charge in [0.2, 0.25) is 0 Å². The summed E-state index contributed by atoms with van der Waals surface area (Å²) in [4.78, 5) is 28.0. The number of likely N-dealkylation sites (tertiary alicyclic amines) is 1. The normalized spacial score (nSPS) is 23.6. The van der Waals surface area contributed by atoms with E-state index in [1.165, 1.54) is 23.1 Å². The fourth-order valence-corrected chi connectivity index (χ4v) is 3.54. The second-order valence-electron chi connectivity index (χ2n) is 6.20. The van der Waals surface area contributed by atoms with Crippen LogP contribution in [0.15, 0.2) is 24.3 Å². The molecule has 1 spiro atoms. The van der Waals surface area contributed by atoms with E-state index in [-0.39, 0.29) is 12.2 Å². The molecule has 1 N–H and O–H groups in total. The molecule has 0 saturated carbocycles. The third-order valence-electron chi connectivity index (χ3n) is 4.95. The summed E-state index contributed by atoms with van der Waals surface area (Å²) in [5.74, 6) is -2.41. The summed E-state index contributed by atoms with van der Waals surface area (Å²) in [6.07, 6.45) is 1.04. The molecule has 1 aromatic rings. The number of nitrogens with zero attached hydrogens (tertiary/aromatic N) is 2. The number of rotatable bonds is 3. The molecule has 0 radical (unpaired) electrons. The Bertz CT molecular complexity index is 643. The highest BCUT2D eigenvalue weighted by molar-refractivity contribution is 5.97. The summed E-state index contributed by atoms with van der Waals surface area (Å²) in [5.41, 5.74) is -1.08. The maximum Gasteiger partial charge on any atom is 0.328 e. The van der Waals surface area contributed by atoms with Crippen LogP contribution in [0.4, 0.5) is 4.39 Å². The van der Waals surface area contributed by atoms with Gasteiger partial charge in [-0.1, -0.05) is 19.1 Å². The summed E-state index contributed by atoms with van der Waals surface area (Å²) in [6.45, 7) is 4.30. The smallest absolute Gasteiger partial charge is 0.328 e. The van der Waals surface area contributed by atoms with E-state index >= 15 is 0 Å². The molecule has 2 heterocycles. The van der Waals surface area contributed by atoms with E-state index in [1.54, 1.807) is 6.07 Å². The van der Waals surface area contributed by atoms with Gasteiger partial charge in [-0.2, -0.15) is 0 Å². The zero-order valence-electron chi connectivity index (χ0n) is 13.6. The lowest BCUT2D eigenvalue weighted by molar-refractivity contribution is -0.143. The number of aliphatic carboxylic acids is 1. The van der Waals surface area contributed by atoms with Gasteiger partial charge in [-0.15, -0.1) is 0 Å². The number of hydrogen-bond acceptors (Lipinski definition) is 4. The lowest BCUT2D eigenvalue weighted by Gasteiger charge is -2.44. The van der Waals surface area contributed by atoms with Gasteiger partial charge in [-0.3, -0.25) is 9.69 Å². The topological polar surface area (TPSA) is 70.1 Å². The van der Waals surface area contributed by atoms with Gasteiger partial charge < -0.3 is 14.7 Å². The van der Waals surface area contributed by atoms with E-state index in [0.29, 0.717) is 25.9 Å². The van der Waals surface area contributed by atoms with Crippen molar-refractivity contribution in [3.05, 3.63) is 35.6 Å². The SMILES string of the molecule is CCN1CCC2(CC1)OC[C@@H](C(=O)O)N2C(=O)c1ccccc1F. The van der Waals surface area contributed by atoms with Crippen LogP contribution in [-0.4, -0.2) is 64.8 Å². The number of piperidine rings is 1. The first-order chi connectivity index (χ1) is 11.5. The van der Waals surface area contributed by atoms with Crippen molar-refractivity contribution in [1.82, 2.24) is 9.80 Å². The monoisotopic (exact) mass is 336 g/mol. The molecule has 0 aromatic heterocycles. The Labute approximate surface area is 139 Å². The number of hydrogen-bond donors (Lipinski definition) is 1. The Balaban J connectivity index is 1.94. The summed E-state index contributed by atoms with van der Waals surface area (Å²) in [6, 6.07) is 4.55. The molecule has 3 rings (SSSR count). The van der Waals surface area contributed by atoms with Crippen LogP contribution in [0, 0.1) is 5.82 Å². The van der Waals surface area contributed by atoms with E-state index in [2.05, 4.69) is 11.8 Å². The maximum absolute atomic E-state index is 14.0. The van der Waals surface area contributed by atoms with Gasteiger partial charge in [0, 0.05) is 25.9 Å². The Morgan fingerprint density at radius 3 is 2.58 bits per heavy atom. The van der Waals surface area contributed by atoms with Gasteiger partial charge in [-0.25, -0.2) is 9.18 Å². The molecule has 1 aromatic carbocycles. The van der Waals surface area contributed by atoms with Crippen LogP contribution in [0.1, 0.15) is 30.1 Å². The highest BCUT2D eigenvalue weighted by Crippen LogP contribution is 2.38. The molecule has 2 aliphatic rings. The van der Waals surface area contributed by atoms with E-state index in [9.17, 15) is 19.1 Å². The molecule has 6 nitrogen and oxygen atoms in total. The molecule has 2 aliphatic heterocycles. The largest absolute Gasteiger partial charge is 0.480 e. The minimum Gasteiger partial charge on any atom is -0.480 e. The fourth-order valence-electron chi connectivity index (χ4n) is 3.54. The third-order valence-corrected chi connectivity index (χ3v) is 4.95. The maximum atomic E-state index is 14.0. The number of carboxylic acids is 1. The number of halogens is 1. The molecule has 2 fully saturated rings. The summed E-state index contributed by atoms with van der Waals surface area (Å²) < 4.78 is 19.9. The molecule has 2 saturated heterocycles. The molecule has 0 aliphatic carbocycles. The average molecular weight is 336 g/mol. The summed E-state index contributed by atoms with van der Waals surface area (Å²) >= 11 is 0. The van der Waals surface area contributed by atoms with Crippen LogP contribution in [0.25, 0.3) is 0 Å². The minimum atomic E-state index is -1.13. The number of carboxylic acid groups (broad SMARTS) is 1. The standard InChI is InChI=1S/C17H21FN2O4/c1-2-19-9-7-17(8-10-19)20(14(11-24-17)16(22)23)15(21)12-5-3-4-6-13(12)18/h3-6,14H,2,7-11H2,1H3,(H,22,23)/t14-/m0/s1. The van der Waals surface area contributed by atoms with Crippen LogP contribution in [0.2, 0.25) is 0 Å². The van der Waals surface area contributed by atoms with E-state index in [4.69, 9.17) is 4.74 Å². The highest BCUT2D eigenvalue weighted by Gasteiger charge is 2.54. The van der Waals surface area contributed by atoms with Crippen LogP contribution in [-0.2, 0) is 9.53 Å². The summed E-state index contributed by atoms with van der Waals surface area (Å²) in [5, 5.41) is 9.48. The van der Waals surface area contributed by atoms with Gasteiger partial charge in [0.1, 0.15) is 11.5 Å². The van der Waals surface area contributed by atoms with Crippen molar-refractivity contribution in [3.8, 4) is 0 Å². The molecule has 130 valence electrons. The van der Waals surface area contributed by atoms with Gasteiger partial charge in [0.15, 0.2) is 6.04 Å². The average Bonchev–Trinajstić information content (AvgIpc) is 2.94. The molecule has 24 heavy (non-hydrogen) atoms. The fraction of sp³-hybridized carbons (Fsp3) is 0.529. The molecular weight excluding hydrogens is 315 g/mol. The van der Waals surface area contributed by atoms with Crippen LogP contribution < -0.4 is 0 Å². The lowest BCUT2D eigenvalue weighted by atomic mass is 9.96. The van der Waals surface area contributed by atoms with Gasteiger partial charge in [-0.05, 0) is 18.7 Å². The van der Waals surface area contributed by atoms with Crippen LogP contribution >= 0.6 is 0 Å². The number of amides is 1. The Morgan fingerprint density at radius 1 is 1.33 bits per heavy atom. The van der Waals surface area contributed by atoms with Crippen molar-refractivity contribution in [2.75, 3.05) is 26.2 Å². The van der Waals surface area contributed by atoms with Crippen molar-refractivity contribution >= 4 is 11.9 Å². The Morgan fingerprint density at radius 2 is 2.00 bits per heavy atom. The first kappa shape index (κ1) is 16.9. The quantitative estimate of drug-likeness (QED) is 0.907. The highest BCUT2D eigenvalue weighted by atomic mass is 19.1. The van der Waals surface area contributed by atoms with Crippen molar-refractivity contribution in [2.24, 2.45) is 0 Å².